The van der Waals surface area contributed by atoms with Crippen molar-refractivity contribution in [2.45, 2.75) is 32.6 Å². The van der Waals surface area contributed by atoms with Crippen LogP contribution in [0.3, 0.4) is 0 Å². The van der Waals surface area contributed by atoms with Crippen LogP contribution in [0.25, 0.3) is 0 Å². The summed E-state index contributed by atoms with van der Waals surface area (Å²) in [6, 6.07) is 2.24. The highest BCUT2D eigenvalue weighted by molar-refractivity contribution is 7.07. The average molecular weight is 154 g/mol. The van der Waals surface area contributed by atoms with Crippen molar-refractivity contribution in [3.63, 3.8) is 0 Å². The second kappa shape index (κ2) is 3.77. The summed E-state index contributed by atoms with van der Waals surface area (Å²) in [5, 5.41) is 4.42. The molecule has 0 aliphatic heterocycles. The van der Waals surface area contributed by atoms with Crippen LogP contribution in [0.2, 0.25) is 0 Å². The molecule has 0 nitrogen and oxygen atoms in total. The van der Waals surface area contributed by atoms with Gasteiger partial charge in [-0.05, 0) is 41.1 Å². The monoisotopic (exact) mass is 154 g/mol. The quantitative estimate of drug-likeness (QED) is 0.623. The van der Waals surface area contributed by atoms with E-state index in [0.29, 0.717) is 0 Å². The standard InChI is InChI=1S/C9H14S/c1-3-8(4-2)9-5-6-10-7-9/h5-8H,3-4H2,1-2H3. The fraction of sp³-hybridized carbons (Fsp3) is 0.556. The fourth-order valence-electron chi connectivity index (χ4n) is 1.27. The highest BCUT2D eigenvalue weighted by Gasteiger charge is 2.05. The molecule has 0 spiro atoms. The van der Waals surface area contributed by atoms with E-state index < -0.39 is 0 Å². The summed E-state index contributed by atoms with van der Waals surface area (Å²) in [5.41, 5.74) is 1.52. The zero-order chi connectivity index (χ0) is 7.40. The summed E-state index contributed by atoms with van der Waals surface area (Å²) >= 11 is 1.80. The Balaban J connectivity index is 2.64. The Morgan fingerprint density at radius 2 is 2.10 bits per heavy atom. The molecule has 1 heterocycles. The van der Waals surface area contributed by atoms with Crippen molar-refractivity contribution in [2.24, 2.45) is 0 Å². The molecule has 0 saturated carbocycles. The topological polar surface area (TPSA) is 0 Å². The van der Waals surface area contributed by atoms with Gasteiger partial charge in [0.2, 0.25) is 0 Å². The molecule has 0 aliphatic rings. The maximum atomic E-state index is 2.26. The Morgan fingerprint density at radius 3 is 2.50 bits per heavy atom. The van der Waals surface area contributed by atoms with E-state index in [9.17, 15) is 0 Å². The van der Waals surface area contributed by atoms with Gasteiger partial charge < -0.3 is 0 Å². The van der Waals surface area contributed by atoms with Gasteiger partial charge in [0.25, 0.3) is 0 Å². The third-order valence-electron chi connectivity index (χ3n) is 2.00. The maximum Gasteiger partial charge on any atom is -0.00584 e. The first-order valence-corrected chi connectivity index (χ1v) is 4.84. The van der Waals surface area contributed by atoms with Crippen molar-refractivity contribution >= 4 is 11.3 Å². The van der Waals surface area contributed by atoms with Crippen LogP contribution in [0.15, 0.2) is 16.8 Å². The van der Waals surface area contributed by atoms with Crippen molar-refractivity contribution in [1.82, 2.24) is 0 Å². The summed E-state index contributed by atoms with van der Waals surface area (Å²) in [4.78, 5) is 0. The van der Waals surface area contributed by atoms with Gasteiger partial charge in [-0.15, -0.1) is 0 Å². The molecule has 0 amide bonds. The van der Waals surface area contributed by atoms with Gasteiger partial charge >= 0.3 is 0 Å². The number of hydrogen-bond acceptors (Lipinski definition) is 1. The molecule has 0 aliphatic carbocycles. The van der Waals surface area contributed by atoms with Gasteiger partial charge in [-0.25, -0.2) is 0 Å². The molecule has 1 heteroatoms. The second-order valence-electron chi connectivity index (χ2n) is 2.57. The fourth-order valence-corrected chi connectivity index (χ4v) is 2.01. The van der Waals surface area contributed by atoms with E-state index in [1.807, 2.05) is 0 Å². The van der Waals surface area contributed by atoms with Gasteiger partial charge in [-0.1, -0.05) is 13.8 Å². The summed E-state index contributed by atoms with van der Waals surface area (Å²) < 4.78 is 0. The highest BCUT2D eigenvalue weighted by Crippen LogP contribution is 2.24. The lowest BCUT2D eigenvalue weighted by Gasteiger charge is -2.08. The zero-order valence-corrected chi connectivity index (χ0v) is 7.45. The lowest BCUT2D eigenvalue weighted by atomic mass is 9.97. The minimum atomic E-state index is 0.797. The minimum absolute atomic E-state index is 0.797. The molecular weight excluding hydrogens is 140 g/mol. The normalized spacial score (nSPS) is 10.7. The van der Waals surface area contributed by atoms with E-state index in [4.69, 9.17) is 0 Å². The van der Waals surface area contributed by atoms with Gasteiger partial charge in [-0.2, -0.15) is 11.3 Å². The molecule has 0 N–H and O–H groups in total. The van der Waals surface area contributed by atoms with E-state index in [0.717, 1.165) is 5.92 Å². The second-order valence-corrected chi connectivity index (χ2v) is 3.35. The van der Waals surface area contributed by atoms with Gasteiger partial charge in [0, 0.05) is 0 Å². The lowest BCUT2D eigenvalue weighted by Crippen LogP contribution is -1.91. The van der Waals surface area contributed by atoms with Crippen molar-refractivity contribution in [3.8, 4) is 0 Å². The van der Waals surface area contributed by atoms with E-state index in [2.05, 4.69) is 30.7 Å². The molecule has 1 aromatic heterocycles. The van der Waals surface area contributed by atoms with Crippen molar-refractivity contribution in [3.05, 3.63) is 22.4 Å². The van der Waals surface area contributed by atoms with Crippen molar-refractivity contribution < 1.29 is 0 Å². The molecule has 1 aromatic rings. The summed E-state index contributed by atoms with van der Waals surface area (Å²) in [6.07, 6.45) is 2.54. The molecule has 0 unspecified atom stereocenters. The number of thiophene rings is 1. The van der Waals surface area contributed by atoms with Crippen LogP contribution in [0.1, 0.15) is 38.2 Å². The molecule has 56 valence electrons. The summed E-state index contributed by atoms with van der Waals surface area (Å²) in [7, 11) is 0. The smallest absolute Gasteiger partial charge is 0.00584 e. The molecule has 0 bridgehead atoms. The molecule has 0 radical (unpaired) electrons. The van der Waals surface area contributed by atoms with Crippen LogP contribution >= 0.6 is 11.3 Å². The SMILES string of the molecule is CCC(CC)c1ccsc1. The van der Waals surface area contributed by atoms with Crippen LogP contribution < -0.4 is 0 Å². The Bertz CT molecular complexity index is 161. The Morgan fingerprint density at radius 1 is 1.40 bits per heavy atom. The number of hydrogen-bond donors (Lipinski definition) is 0. The first kappa shape index (κ1) is 7.80. The first-order valence-electron chi connectivity index (χ1n) is 3.90. The Labute approximate surface area is 66.9 Å². The Hall–Kier alpha value is -0.300. The van der Waals surface area contributed by atoms with Crippen molar-refractivity contribution in [2.75, 3.05) is 0 Å². The van der Waals surface area contributed by atoms with Crippen LogP contribution in [0.5, 0.6) is 0 Å². The molecule has 0 aromatic carbocycles. The van der Waals surface area contributed by atoms with Gasteiger partial charge in [0.1, 0.15) is 0 Å². The summed E-state index contributed by atoms with van der Waals surface area (Å²) in [5.74, 6) is 0.797. The first-order chi connectivity index (χ1) is 4.88. The predicted molar refractivity (Wildman–Crippen MR) is 47.6 cm³/mol. The molecule has 0 saturated heterocycles. The molecule has 10 heavy (non-hydrogen) atoms. The predicted octanol–water partition coefficient (Wildman–Crippen LogP) is 3.65. The summed E-state index contributed by atoms with van der Waals surface area (Å²) in [6.45, 7) is 4.51. The maximum absolute atomic E-state index is 2.26. The molecule has 1 rings (SSSR count). The van der Waals surface area contributed by atoms with Crippen LogP contribution in [-0.2, 0) is 0 Å². The third kappa shape index (κ3) is 1.60. The lowest BCUT2D eigenvalue weighted by molar-refractivity contribution is 0.644. The van der Waals surface area contributed by atoms with E-state index in [1.165, 1.54) is 18.4 Å². The average Bonchev–Trinajstić information content (AvgIpc) is 2.43. The van der Waals surface area contributed by atoms with Gasteiger partial charge in [0.05, 0.1) is 0 Å². The highest BCUT2D eigenvalue weighted by atomic mass is 32.1. The minimum Gasteiger partial charge on any atom is -0.152 e. The van der Waals surface area contributed by atoms with Gasteiger partial charge in [0.15, 0.2) is 0 Å². The third-order valence-corrected chi connectivity index (χ3v) is 2.70. The molecular formula is C9H14S. The van der Waals surface area contributed by atoms with Crippen molar-refractivity contribution in [1.29, 1.82) is 0 Å². The van der Waals surface area contributed by atoms with E-state index in [-0.39, 0.29) is 0 Å². The van der Waals surface area contributed by atoms with Gasteiger partial charge in [-0.3, -0.25) is 0 Å². The van der Waals surface area contributed by atoms with E-state index in [1.54, 1.807) is 11.3 Å². The Kier molecular flexibility index (Phi) is 2.94. The zero-order valence-electron chi connectivity index (χ0n) is 6.63. The largest absolute Gasteiger partial charge is 0.152 e. The number of rotatable bonds is 3. The molecule has 0 fully saturated rings. The molecule has 0 atom stereocenters. The van der Waals surface area contributed by atoms with Crippen LogP contribution in [-0.4, -0.2) is 0 Å². The van der Waals surface area contributed by atoms with Crippen LogP contribution in [0.4, 0.5) is 0 Å². The van der Waals surface area contributed by atoms with E-state index >= 15 is 0 Å². The van der Waals surface area contributed by atoms with Crippen LogP contribution in [0, 0.1) is 0 Å².